The smallest absolute Gasteiger partial charge is 0.324 e. The molecule has 1 unspecified atom stereocenters. The second kappa shape index (κ2) is 35.5. The van der Waals surface area contributed by atoms with Crippen molar-refractivity contribution in [1.29, 1.82) is 0 Å². The summed E-state index contributed by atoms with van der Waals surface area (Å²) in [5.74, 6) is -0.524. The van der Waals surface area contributed by atoms with Crippen LogP contribution < -0.4 is 0 Å². The second-order valence-electron chi connectivity index (χ2n) is 27.4. The van der Waals surface area contributed by atoms with E-state index < -0.39 is 17.4 Å². The van der Waals surface area contributed by atoms with Gasteiger partial charge in [0.05, 0.1) is 6.61 Å². The summed E-state index contributed by atoms with van der Waals surface area (Å²) in [5, 5.41) is 23.3. The Morgan fingerprint density at radius 2 is 0.613 bits per heavy atom. The molecule has 0 aromatic heterocycles. The van der Waals surface area contributed by atoms with E-state index in [2.05, 4.69) is 96.9 Å². The molecule has 2 aromatic rings. The number of phenolic OH excluding ortho intramolecular Hbond substituents is 2. The molecule has 0 bridgehead atoms. The maximum atomic E-state index is 15.3. The Kier molecular flexibility index (Phi) is 32.2. The minimum atomic E-state index is -1.59. The number of ether oxygens (including phenoxy) is 2. The number of hydrogen-bond donors (Lipinski definition) is 2. The highest BCUT2D eigenvalue weighted by atomic mass is 16.6. The Morgan fingerprint density at radius 1 is 0.360 bits per heavy atom. The van der Waals surface area contributed by atoms with Crippen LogP contribution in [0.3, 0.4) is 0 Å². The van der Waals surface area contributed by atoms with Gasteiger partial charge in [-0.1, -0.05) is 308 Å². The Morgan fingerprint density at radius 3 is 0.907 bits per heavy atom. The predicted molar refractivity (Wildman–Crippen MR) is 322 cm³/mol. The second-order valence-corrected chi connectivity index (χ2v) is 27.4. The Balaban J connectivity index is 2.35. The molecule has 0 spiro atoms. The van der Waals surface area contributed by atoms with Gasteiger partial charge < -0.3 is 19.7 Å². The molecule has 0 heterocycles. The van der Waals surface area contributed by atoms with Gasteiger partial charge >= 0.3 is 11.9 Å². The van der Waals surface area contributed by atoms with E-state index in [9.17, 15) is 10.2 Å². The number of carbonyl (C=O) groups is 2. The summed E-state index contributed by atoms with van der Waals surface area (Å²) >= 11 is 0. The van der Waals surface area contributed by atoms with Crippen molar-refractivity contribution in [2.75, 3.05) is 6.61 Å². The molecule has 432 valence electrons. The zero-order valence-electron chi connectivity index (χ0n) is 51.8. The van der Waals surface area contributed by atoms with E-state index in [1.54, 1.807) is 0 Å². The first-order valence-corrected chi connectivity index (χ1v) is 31.5. The molecule has 2 rings (SSSR count). The van der Waals surface area contributed by atoms with Crippen LogP contribution in [0.5, 0.6) is 11.5 Å². The van der Waals surface area contributed by atoms with Crippen molar-refractivity contribution in [3.63, 3.8) is 0 Å². The molecule has 6 heteroatoms. The van der Waals surface area contributed by atoms with Crippen LogP contribution in [0, 0.1) is 5.41 Å². The van der Waals surface area contributed by atoms with Gasteiger partial charge in [0.25, 0.3) is 0 Å². The van der Waals surface area contributed by atoms with Gasteiger partial charge in [-0.05, 0) is 86.4 Å². The van der Waals surface area contributed by atoms with Gasteiger partial charge in [-0.2, -0.15) is 0 Å². The third-order valence-corrected chi connectivity index (χ3v) is 15.9. The molecule has 1 atom stereocenters. The van der Waals surface area contributed by atoms with Gasteiger partial charge in [0.2, 0.25) is 0 Å². The SMILES string of the molecule is CCCCCCCCCCCCCCCCCCOC(=O)C(CCCCCCCCCCCCCCCCCC)(Cc1cc(C(C)(C)C)c(O)c(C(C)(C)C)c1)C(=O)OCc1cc(C(C)(C)C)c(O)c(C(C)(C)C)c1. The average Bonchev–Trinajstić information content (AvgIpc) is 3.32. The molecule has 0 fully saturated rings. The van der Waals surface area contributed by atoms with Gasteiger partial charge in [0.15, 0.2) is 5.41 Å². The topological polar surface area (TPSA) is 93.1 Å². The molecule has 0 saturated heterocycles. The van der Waals surface area contributed by atoms with Crippen LogP contribution in [-0.4, -0.2) is 28.8 Å². The minimum Gasteiger partial charge on any atom is -0.507 e. The fourth-order valence-electron chi connectivity index (χ4n) is 10.9. The first kappa shape index (κ1) is 68.1. The Labute approximate surface area is 463 Å². The van der Waals surface area contributed by atoms with Crippen LogP contribution in [0.25, 0.3) is 0 Å². The van der Waals surface area contributed by atoms with E-state index in [1.807, 2.05) is 24.3 Å². The lowest BCUT2D eigenvalue weighted by Gasteiger charge is -2.32. The maximum Gasteiger partial charge on any atom is 0.324 e. The summed E-state index contributed by atoms with van der Waals surface area (Å²) < 4.78 is 12.7. The lowest BCUT2D eigenvalue weighted by Crippen LogP contribution is -2.44. The first-order valence-electron chi connectivity index (χ1n) is 31.5. The van der Waals surface area contributed by atoms with Crippen LogP contribution in [0.15, 0.2) is 24.3 Å². The van der Waals surface area contributed by atoms with Crippen molar-refractivity contribution in [2.24, 2.45) is 5.41 Å². The van der Waals surface area contributed by atoms with Crippen molar-refractivity contribution in [3.8, 4) is 11.5 Å². The monoisotopic (exact) mass is 1040 g/mol. The lowest BCUT2D eigenvalue weighted by molar-refractivity contribution is -0.174. The molecular formula is C69H120O6. The quantitative estimate of drug-likeness (QED) is 0.0392. The molecule has 2 N–H and O–H groups in total. The van der Waals surface area contributed by atoms with Gasteiger partial charge in [0, 0.05) is 0 Å². The summed E-state index contributed by atoms with van der Waals surface area (Å²) in [6, 6.07) is 7.93. The van der Waals surface area contributed by atoms with Gasteiger partial charge in [0.1, 0.15) is 18.1 Å². The third kappa shape index (κ3) is 26.5. The van der Waals surface area contributed by atoms with E-state index in [1.165, 1.54) is 161 Å². The van der Waals surface area contributed by atoms with E-state index >= 15 is 9.59 Å². The maximum absolute atomic E-state index is 15.3. The lowest BCUT2D eigenvalue weighted by atomic mass is 9.73. The molecule has 0 aliphatic rings. The van der Waals surface area contributed by atoms with E-state index in [4.69, 9.17) is 9.47 Å². The van der Waals surface area contributed by atoms with Crippen molar-refractivity contribution in [3.05, 3.63) is 57.6 Å². The van der Waals surface area contributed by atoms with Crippen LogP contribution in [0.2, 0.25) is 0 Å². The van der Waals surface area contributed by atoms with Gasteiger partial charge in [-0.25, -0.2) is 0 Å². The Bertz CT molecular complexity index is 1790. The number of hydrogen-bond acceptors (Lipinski definition) is 6. The fourth-order valence-corrected chi connectivity index (χ4v) is 10.9. The highest BCUT2D eigenvalue weighted by Crippen LogP contribution is 2.44. The molecule has 0 amide bonds. The number of phenols is 2. The number of unbranched alkanes of at least 4 members (excludes halogenated alkanes) is 30. The highest BCUT2D eigenvalue weighted by Gasteiger charge is 2.49. The molecular weight excluding hydrogens is 925 g/mol. The number of carbonyl (C=O) groups excluding carboxylic acids is 2. The molecule has 0 aliphatic carbocycles. The number of esters is 2. The van der Waals surface area contributed by atoms with Crippen molar-refractivity contribution >= 4 is 11.9 Å². The standard InChI is InChI=1S/C69H120O6/c1-15-17-19-21-23-25-27-29-31-33-35-37-39-41-43-45-47-69(53-55-49-57(65(3,4)5)61(70)58(50-55)66(6,7)8,64(73)75-54-56-51-59(67(9,10)11)62(71)60(52-56)68(12,13)14)63(72)74-48-46-44-42-40-38-36-34-32-30-28-26-24-22-20-18-16-2/h49-52,70-71H,15-48,53-54H2,1-14H3. The number of benzene rings is 2. The van der Waals surface area contributed by atoms with Crippen molar-refractivity contribution in [2.45, 2.75) is 344 Å². The Hall–Kier alpha value is -3.02. The van der Waals surface area contributed by atoms with Crippen molar-refractivity contribution in [1.82, 2.24) is 0 Å². The zero-order valence-corrected chi connectivity index (χ0v) is 51.8. The molecule has 0 saturated carbocycles. The van der Waals surface area contributed by atoms with Gasteiger partial charge in [-0.3, -0.25) is 9.59 Å². The summed E-state index contributed by atoms with van der Waals surface area (Å²) in [6.07, 6.45) is 40.5. The number of aromatic hydroxyl groups is 2. The normalized spacial score (nSPS) is 13.3. The summed E-state index contributed by atoms with van der Waals surface area (Å²) in [6.45, 7) is 29.9. The fraction of sp³-hybridized carbons (Fsp3) is 0.797. The zero-order chi connectivity index (χ0) is 56.0. The van der Waals surface area contributed by atoms with E-state index in [-0.39, 0.29) is 52.8 Å². The summed E-state index contributed by atoms with van der Waals surface area (Å²) in [5.41, 5.74) is 1.71. The van der Waals surface area contributed by atoms with Crippen LogP contribution in [0.4, 0.5) is 0 Å². The predicted octanol–water partition coefficient (Wildman–Crippen LogP) is 21.0. The average molecular weight is 1050 g/mol. The van der Waals surface area contributed by atoms with Gasteiger partial charge in [-0.15, -0.1) is 0 Å². The van der Waals surface area contributed by atoms with Crippen LogP contribution in [0.1, 0.15) is 342 Å². The molecule has 2 aromatic carbocycles. The van der Waals surface area contributed by atoms with Crippen LogP contribution >= 0.6 is 0 Å². The van der Waals surface area contributed by atoms with E-state index in [0.717, 1.165) is 71.9 Å². The van der Waals surface area contributed by atoms with Crippen molar-refractivity contribution < 1.29 is 29.3 Å². The summed E-state index contributed by atoms with van der Waals surface area (Å²) in [4.78, 5) is 30.4. The highest BCUT2D eigenvalue weighted by molar-refractivity contribution is 6.00. The minimum absolute atomic E-state index is 0.0333. The third-order valence-electron chi connectivity index (χ3n) is 15.9. The molecule has 0 aliphatic heterocycles. The largest absolute Gasteiger partial charge is 0.507 e. The van der Waals surface area contributed by atoms with Crippen LogP contribution in [-0.2, 0) is 53.8 Å². The molecule has 0 radical (unpaired) electrons. The molecule has 75 heavy (non-hydrogen) atoms. The first-order chi connectivity index (χ1) is 35.4. The summed E-state index contributed by atoms with van der Waals surface area (Å²) in [7, 11) is 0. The molecule has 6 nitrogen and oxygen atoms in total. The van der Waals surface area contributed by atoms with E-state index in [0.29, 0.717) is 12.8 Å². The number of rotatable bonds is 40.